The minimum Gasteiger partial charge on any atom is -0.450 e. The van der Waals surface area contributed by atoms with E-state index in [1.807, 2.05) is 13.8 Å². The molecule has 25 nitrogen and oxygen atoms in total. The van der Waals surface area contributed by atoms with Crippen molar-refractivity contribution in [2.24, 2.45) is 34.5 Å². The minimum absolute atomic E-state index is 0.0137. The molecule has 6 aliphatic rings. The van der Waals surface area contributed by atoms with Crippen molar-refractivity contribution in [2.45, 2.75) is 194 Å². The number of hydrogen-bond acceptors (Lipinski definition) is 16. The number of fused-ring (bicyclic) bond motifs is 6. The Morgan fingerprint density at radius 1 is 0.679 bits per heavy atom. The third kappa shape index (κ3) is 18.2. The first-order valence-electron chi connectivity index (χ1n) is 28.4. The summed E-state index contributed by atoms with van der Waals surface area (Å²) in [5.41, 5.74) is -1.87. The van der Waals surface area contributed by atoms with Crippen LogP contribution in [0.5, 0.6) is 0 Å². The van der Waals surface area contributed by atoms with Gasteiger partial charge in [0.25, 0.3) is 5.91 Å². The highest BCUT2D eigenvalue weighted by molar-refractivity contribution is 5.95. The number of cyclic esters (lactones) is 2. The van der Waals surface area contributed by atoms with Crippen molar-refractivity contribution < 1.29 is 76.4 Å². The molecule has 0 aromatic rings. The van der Waals surface area contributed by atoms with Crippen LogP contribution in [0, 0.1) is 34.5 Å². The van der Waals surface area contributed by atoms with Gasteiger partial charge in [0.1, 0.15) is 41.7 Å². The molecule has 0 radical (unpaired) electrons. The van der Waals surface area contributed by atoms with Gasteiger partial charge in [0.15, 0.2) is 6.10 Å². The molecule has 25 heteroatoms. The van der Waals surface area contributed by atoms with Gasteiger partial charge in [-0.1, -0.05) is 33.8 Å². The van der Waals surface area contributed by atoms with Gasteiger partial charge >= 0.3 is 30.3 Å². The van der Waals surface area contributed by atoms with Crippen LogP contribution >= 0.6 is 0 Å². The largest absolute Gasteiger partial charge is 0.450 e. The average Bonchev–Trinajstić information content (AvgIpc) is 3.84. The topological polar surface area (TPSA) is 325 Å². The highest BCUT2D eigenvalue weighted by atomic mass is 16.6. The highest BCUT2D eigenvalue weighted by Gasteiger charge is 2.71. The number of hydrogen-bond donors (Lipinski definition) is 7. The molecule has 2 aliphatic carbocycles. The van der Waals surface area contributed by atoms with E-state index in [-0.39, 0.29) is 98.3 Å². The number of piperidine rings is 2. The average molecular weight is 1140 g/mol. The number of aldehydes is 1. The molecule has 2 saturated carbocycles. The summed E-state index contributed by atoms with van der Waals surface area (Å²) in [6.45, 7) is 24.9. The van der Waals surface area contributed by atoms with Gasteiger partial charge in [-0.15, -0.1) is 6.58 Å². The van der Waals surface area contributed by atoms with Crippen molar-refractivity contribution >= 4 is 66.2 Å². The maximum Gasteiger partial charge on any atom is 0.408 e. The van der Waals surface area contributed by atoms with E-state index in [1.165, 1.54) is 22.8 Å². The van der Waals surface area contributed by atoms with Crippen LogP contribution < -0.4 is 37.2 Å². The molecule has 11 atom stereocenters. The predicted molar refractivity (Wildman–Crippen MR) is 292 cm³/mol. The molecule has 6 rings (SSSR count). The van der Waals surface area contributed by atoms with E-state index in [9.17, 15) is 52.7 Å². The Kier molecular flexibility index (Phi) is 22.4. The van der Waals surface area contributed by atoms with Gasteiger partial charge < -0.3 is 75.5 Å². The summed E-state index contributed by atoms with van der Waals surface area (Å²) in [6.07, 6.45) is 1.93. The van der Waals surface area contributed by atoms with Gasteiger partial charge in [0.2, 0.25) is 23.6 Å². The van der Waals surface area contributed by atoms with Crippen molar-refractivity contribution in [3.63, 3.8) is 0 Å². The number of nitrogens with zero attached hydrogens (tertiary/aromatic N) is 2. The quantitative estimate of drug-likeness (QED) is 0.0792. The molecule has 0 aromatic heterocycles. The van der Waals surface area contributed by atoms with Crippen LogP contribution in [-0.4, -0.2) is 175 Å². The molecule has 4 aliphatic heterocycles. The fourth-order valence-electron chi connectivity index (χ4n) is 11.6. The Labute approximate surface area is 475 Å². The van der Waals surface area contributed by atoms with Crippen LogP contribution in [0.15, 0.2) is 12.7 Å². The number of amides is 9. The third-order valence-electron chi connectivity index (χ3n) is 15.8. The van der Waals surface area contributed by atoms with Gasteiger partial charge in [-0.2, -0.15) is 0 Å². The van der Waals surface area contributed by atoms with Gasteiger partial charge in [0.05, 0.1) is 25.3 Å². The Morgan fingerprint density at radius 2 is 1.12 bits per heavy atom. The van der Waals surface area contributed by atoms with Gasteiger partial charge in [0, 0.05) is 39.6 Å². The first-order valence-corrected chi connectivity index (χ1v) is 28.4. The van der Waals surface area contributed by atoms with Crippen LogP contribution in [0.2, 0.25) is 0 Å². The summed E-state index contributed by atoms with van der Waals surface area (Å²) >= 11 is 0. The lowest BCUT2D eigenvalue weighted by molar-refractivity contribution is -0.157. The van der Waals surface area contributed by atoms with Crippen LogP contribution in [0.3, 0.4) is 0 Å². The first kappa shape index (κ1) is 65.1. The lowest BCUT2D eigenvalue weighted by atomic mass is 9.97. The second-order valence-electron chi connectivity index (χ2n) is 25.0. The monoisotopic (exact) mass is 1140 g/mol. The molecule has 0 aromatic carbocycles. The van der Waals surface area contributed by atoms with Crippen LogP contribution in [0.4, 0.5) is 19.2 Å². The van der Waals surface area contributed by atoms with E-state index in [2.05, 4.69) is 57.6 Å². The van der Waals surface area contributed by atoms with Gasteiger partial charge in [-0.05, 0) is 140 Å². The lowest BCUT2D eigenvalue weighted by Crippen LogP contribution is -2.59. The van der Waals surface area contributed by atoms with Crippen LogP contribution in [0.25, 0.3) is 0 Å². The zero-order chi connectivity index (χ0) is 60.2. The fourth-order valence-corrected chi connectivity index (χ4v) is 11.6. The predicted octanol–water partition coefficient (Wildman–Crippen LogP) is 3.51. The number of alkyl carbamates (subject to hydrolysis) is 4. The van der Waals surface area contributed by atoms with Crippen molar-refractivity contribution in [2.75, 3.05) is 45.9 Å². The van der Waals surface area contributed by atoms with E-state index in [0.717, 1.165) is 0 Å². The van der Waals surface area contributed by atoms with E-state index >= 15 is 0 Å². The van der Waals surface area contributed by atoms with Gasteiger partial charge in [-0.25, -0.2) is 19.2 Å². The Morgan fingerprint density at radius 3 is 1.54 bits per heavy atom. The number of rotatable bonds is 8. The highest BCUT2D eigenvalue weighted by Crippen LogP contribution is 2.66. The molecule has 6 fully saturated rings. The molecular formula is C56H89N9O16. The number of carbonyl (C=O) groups excluding carboxylic acids is 11. The van der Waals surface area contributed by atoms with Crippen molar-refractivity contribution in [3.8, 4) is 0 Å². The maximum absolute atomic E-state index is 14.1. The summed E-state index contributed by atoms with van der Waals surface area (Å²) in [5, 5.41) is 19.0. The number of ether oxygens (including phenoxy) is 5. The van der Waals surface area contributed by atoms with Crippen molar-refractivity contribution in [3.05, 3.63) is 12.7 Å². The van der Waals surface area contributed by atoms with E-state index in [0.29, 0.717) is 64.4 Å². The molecule has 4 saturated heterocycles. The Hall–Kier alpha value is -6.69. The van der Waals surface area contributed by atoms with Crippen molar-refractivity contribution in [1.29, 1.82) is 0 Å². The third-order valence-corrected chi connectivity index (χ3v) is 15.8. The molecule has 0 spiro atoms. The molecule has 7 N–H and O–H groups in total. The summed E-state index contributed by atoms with van der Waals surface area (Å²) in [7, 11) is 0. The zero-order valence-corrected chi connectivity index (χ0v) is 49.2. The molecule has 1 unspecified atom stereocenters. The molecule has 4 heterocycles. The van der Waals surface area contributed by atoms with E-state index in [4.69, 9.17) is 23.7 Å². The van der Waals surface area contributed by atoms with E-state index < -0.39 is 102 Å². The van der Waals surface area contributed by atoms with Crippen LogP contribution in [-0.2, 0) is 57.2 Å². The van der Waals surface area contributed by atoms with Gasteiger partial charge in [-0.3, -0.25) is 28.8 Å². The number of carbonyl (C=O) groups is 11. The maximum atomic E-state index is 14.1. The summed E-state index contributed by atoms with van der Waals surface area (Å²) in [5.74, 6) is -2.95. The molecule has 0 bridgehead atoms. The molecule has 81 heavy (non-hydrogen) atoms. The van der Waals surface area contributed by atoms with Crippen LogP contribution in [0.1, 0.15) is 140 Å². The smallest absolute Gasteiger partial charge is 0.408 e. The van der Waals surface area contributed by atoms with Crippen molar-refractivity contribution in [1.82, 2.24) is 47.0 Å². The normalized spacial score (nSPS) is 29.6. The summed E-state index contributed by atoms with van der Waals surface area (Å²) < 4.78 is 26.6. The Balaban J connectivity index is 0.000000305. The molecular weight excluding hydrogens is 1050 g/mol. The summed E-state index contributed by atoms with van der Waals surface area (Å²) in [6, 6.07) is -5.23. The second kappa shape index (κ2) is 27.9. The lowest BCUT2D eigenvalue weighted by Gasteiger charge is -2.35. The summed E-state index contributed by atoms with van der Waals surface area (Å²) in [4.78, 5) is 144. The standard InChI is InChI=1S/C31H49N5O9.C25H40N4O7/c1-8-14-32-26(39)24(44-18(2)37)20-12-9-10-15-33-28(41)43-16-11-13-21(35-29(42)45-30(3,4)5)27(40)36-17-19-22(31(19,6)7)23(36)25(38)34-20;1-24(2,3)36-23(34)28-17-10-8-12-35-22(33)26-11-7-6-9-15(14-30)27-20(31)19-18-16(25(18,4)5)13-29(19)21(17)32/h8,19-24H,1,9-17H2,2-7H3,(H,32,39)(H,33,41)(H,34,38)(H,35,42);14-19H,6-13H2,1-5H3,(H,26,33)(H,27,31)(H,28,34)/t19-,20-,21-,22-,23-,24?;15-,16-,17-,18-,19-/m00/s1. The number of nitrogens with one attached hydrogen (secondary N) is 7. The first-order chi connectivity index (χ1) is 37.9. The second-order valence-corrected chi connectivity index (χ2v) is 25.0. The minimum atomic E-state index is -1.35. The molecule has 454 valence electrons. The number of esters is 1. The SMILES string of the molecule is C=CCNC(=O)C(OC(C)=O)[C@@H]1CCCCNC(=O)OCCC[C@H](NC(=O)OC(C)(C)C)C(=O)N2C[C@H]3[C@@H]([C@H]2C(=O)N1)C3(C)C.CC(C)(C)OC(=O)N[C@H]1CCCOC(=O)NCCCC[C@@H](C=O)NC(=O)[C@@H]2[C@@H]3[C@H](CN2C1=O)C3(C)C. The Bertz CT molecular complexity index is 2330. The zero-order valence-electron chi connectivity index (χ0n) is 49.2. The van der Waals surface area contributed by atoms with E-state index in [1.54, 1.807) is 41.5 Å². The fraction of sp³-hybridized carbons (Fsp3) is 0.768. The molecule has 9 amide bonds.